The van der Waals surface area contributed by atoms with Crippen molar-refractivity contribution >= 4 is 0 Å². The Labute approximate surface area is 101 Å². The predicted molar refractivity (Wildman–Crippen MR) is 65.8 cm³/mol. The van der Waals surface area contributed by atoms with Crippen LogP contribution in [0.25, 0.3) is 0 Å². The van der Waals surface area contributed by atoms with Crippen LogP contribution >= 0.6 is 0 Å². The molecule has 1 saturated heterocycles. The normalized spacial score (nSPS) is 19.6. The second kappa shape index (κ2) is 4.67. The molecule has 88 valence electrons. The highest BCUT2D eigenvalue weighted by Gasteiger charge is 2.19. The number of benzene rings is 1. The third kappa shape index (κ3) is 2.22. The molecule has 1 aliphatic heterocycles. The van der Waals surface area contributed by atoms with Crippen LogP contribution in [-0.4, -0.2) is 27.9 Å². The highest BCUT2D eigenvalue weighted by atomic mass is 15.3. The number of hydrogen-bond acceptors (Lipinski definition) is 3. The molecule has 4 heteroatoms. The maximum absolute atomic E-state index is 4.24. The third-order valence-electron chi connectivity index (χ3n) is 3.28. The summed E-state index contributed by atoms with van der Waals surface area (Å²) in [6.07, 6.45) is 3.88. The van der Waals surface area contributed by atoms with Gasteiger partial charge in [-0.1, -0.05) is 30.3 Å². The first kappa shape index (κ1) is 10.5. The van der Waals surface area contributed by atoms with Gasteiger partial charge in [-0.15, -0.1) is 10.2 Å². The van der Waals surface area contributed by atoms with Gasteiger partial charge in [0, 0.05) is 19.0 Å². The molecule has 4 nitrogen and oxygen atoms in total. The lowest BCUT2D eigenvalue weighted by Gasteiger charge is -2.12. The summed E-state index contributed by atoms with van der Waals surface area (Å²) in [6.45, 7) is 2.12. The zero-order valence-corrected chi connectivity index (χ0v) is 9.71. The summed E-state index contributed by atoms with van der Waals surface area (Å²) >= 11 is 0. The summed E-state index contributed by atoms with van der Waals surface area (Å²) in [5.41, 5.74) is 1.28. The Morgan fingerprint density at radius 1 is 1.29 bits per heavy atom. The molecule has 0 bridgehead atoms. The van der Waals surface area contributed by atoms with Gasteiger partial charge in [0.05, 0.1) is 0 Å². The topological polar surface area (TPSA) is 42.7 Å². The Morgan fingerprint density at radius 2 is 2.18 bits per heavy atom. The molecule has 1 unspecified atom stereocenters. The quantitative estimate of drug-likeness (QED) is 0.863. The largest absolute Gasteiger partial charge is 0.315 e. The van der Waals surface area contributed by atoms with Crippen LogP contribution in [0.3, 0.4) is 0 Å². The molecule has 0 spiro atoms. The second-order valence-electron chi connectivity index (χ2n) is 4.46. The molecule has 1 aromatic carbocycles. The van der Waals surface area contributed by atoms with Gasteiger partial charge in [0.25, 0.3) is 0 Å². The van der Waals surface area contributed by atoms with E-state index in [1.807, 2.05) is 12.4 Å². The molecule has 2 heterocycles. The Bertz CT molecular complexity index is 471. The highest BCUT2D eigenvalue weighted by Crippen LogP contribution is 2.17. The van der Waals surface area contributed by atoms with Crippen LogP contribution in [0.4, 0.5) is 0 Å². The van der Waals surface area contributed by atoms with Crippen LogP contribution < -0.4 is 5.32 Å². The molecule has 1 aliphatic rings. The SMILES string of the molecule is c1ccc(Cc2nncn2C2CCNC2)cc1. The van der Waals surface area contributed by atoms with E-state index in [4.69, 9.17) is 0 Å². The number of nitrogens with one attached hydrogen (secondary N) is 1. The summed E-state index contributed by atoms with van der Waals surface area (Å²) in [4.78, 5) is 0. The van der Waals surface area contributed by atoms with Crippen LogP contribution in [0.5, 0.6) is 0 Å². The van der Waals surface area contributed by atoms with Crippen molar-refractivity contribution < 1.29 is 0 Å². The lowest BCUT2D eigenvalue weighted by molar-refractivity contribution is 0.526. The minimum absolute atomic E-state index is 0.517. The summed E-state index contributed by atoms with van der Waals surface area (Å²) in [5, 5.41) is 11.7. The van der Waals surface area contributed by atoms with Crippen molar-refractivity contribution in [3.8, 4) is 0 Å². The number of aromatic nitrogens is 3. The molecule has 2 aromatic rings. The van der Waals surface area contributed by atoms with E-state index in [1.54, 1.807) is 0 Å². The molecule has 1 aromatic heterocycles. The van der Waals surface area contributed by atoms with Gasteiger partial charge in [-0.3, -0.25) is 0 Å². The number of nitrogens with zero attached hydrogens (tertiary/aromatic N) is 3. The fraction of sp³-hybridized carbons (Fsp3) is 0.385. The zero-order chi connectivity index (χ0) is 11.5. The van der Waals surface area contributed by atoms with Crippen LogP contribution in [0.2, 0.25) is 0 Å². The third-order valence-corrected chi connectivity index (χ3v) is 3.28. The van der Waals surface area contributed by atoms with Gasteiger partial charge < -0.3 is 9.88 Å². The molecule has 0 amide bonds. The summed E-state index contributed by atoms with van der Waals surface area (Å²) in [6, 6.07) is 10.9. The van der Waals surface area contributed by atoms with Gasteiger partial charge in [0.1, 0.15) is 12.2 Å². The maximum atomic E-state index is 4.24. The van der Waals surface area contributed by atoms with Crippen LogP contribution in [0.1, 0.15) is 23.9 Å². The average molecular weight is 228 g/mol. The lowest BCUT2D eigenvalue weighted by atomic mass is 10.1. The van der Waals surface area contributed by atoms with E-state index in [0.29, 0.717) is 6.04 Å². The van der Waals surface area contributed by atoms with Crippen LogP contribution in [-0.2, 0) is 6.42 Å². The minimum atomic E-state index is 0.517. The predicted octanol–water partition coefficient (Wildman–Crippen LogP) is 1.40. The molecular formula is C13H16N4. The van der Waals surface area contributed by atoms with E-state index in [1.165, 1.54) is 12.0 Å². The van der Waals surface area contributed by atoms with Crippen molar-refractivity contribution in [2.75, 3.05) is 13.1 Å². The Hall–Kier alpha value is -1.68. The second-order valence-corrected chi connectivity index (χ2v) is 4.46. The molecule has 1 N–H and O–H groups in total. The molecule has 1 atom stereocenters. The summed E-state index contributed by atoms with van der Waals surface area (Å²) in [7, 11) is 0. The van der Waals surface area contributed by atoms with Gasteiger partial charge >= 0.3 is 0 Å². The van der Waals surface area contributed by atoms with E-state index in [2.05, 4.69) is 44.3 Å². The Kier molecular flexibility index (Phi) is 2.88. The molecule has 3 rings (SSSR count). The lowest BCUT2D eigenvalue weighted by Crippen LogP contribution is -2.15. The zero-order valence-electron chi connectivity index (χ0n) is 9.71. The number of rotatable bonds is 3. The summed E-state index contributed by atoms with van der Waals surface area (Å²) < 4.78 is 2.22. The molecule has 0 aliphatic carbocycles. The first-order valence-electron chi connectivity index (χ1n) is 6.06. The highest BCUT2D eigenvalue weighted by molar-refractivity contribution is 5.19. The van der Waals surface area contributed by atoms with Crippen molar-refractivity contribution in [2.45, 2.75) is 18.9 Å². The van der Waals surface area contributed by atoms with Gasteiger partial charge in [-0.05, 0) is 18.5 Å². The maximum Gasteiger partial charge on any atom is 0.137 e. The van der Waals surface area contributed by atoms with Crippen molar-refractivity contribution in [2.24, 2.45) is 0 Å². The molecule has 0 saturated carbocycles. The van der Waals surface area contributed by atoms with Crippen molar-refractivity contribution in [3.63, 3.8) is 0 Å². The minimum Gasteiger partial charge on any atom is -0.315 e. The van der Waals surface area contributed by atoms with Gasteiger partial charge in [0.2, 0.25) is 0 Å². The fourth-order valence-electron chi connectivity index (χ4n) is 2.35. The van der Waals surface area contributed by atoms with E-state index in [-0.39, 0.29) is 0 Å². The average Bonchev–Trinajstić information content (AvgIpc) is 3.00. The Morgan fingerprint density at radius 3 is 2.94 bits per heavy atom. The van der Waals surface area contributed by atoms with Crippen molar-refractivity contribution in [1.29, 1.82) is 0 Å². The van der Waals surface area contributed by atoms with E-state index in [9.17, 15) is 0 Å². The molecular weight excluding hydrogens is 212 g/mol. The van der Waals surface area contributed by atoms with E-state index in [0.717, 1.165) is 25.3 Å². The molecule has 1 fully saturated rings. The van der Waals surface area contributed by atoms with E-state index < -0.39 is 0 Å². The first-order chi connectivity index (χ1) is 8.43. The van der Waals surface area contributed by atoms with Crippen LogP contribution in [0, 0.1) is 0 Å². The van der Waals surface area contributed by atoms with Gasteiger partial charge in [-0.25, -0.2) is 0 Å². The summed E-state index contributed by atoms with van der Waals surface area (Å²) in [5.74, 6) is 1.06. The Balaban J connectivity index is 1.81. The smallest absolute Gasteiger partial charge is 0.137 e. The monoisotopic (exact) mass is 228 g/mol. The van der Waals surface area contributed by atoms with Crippen LogP contribution in [0.15, 0.2) is 36.7 Å². The van der Waals surface area contributed by atoms with Crippen molar-refractivity contribution in [1.82, 2.24) is 20.1 Å². The van der Waals surface area contributed by atoms with Gasteiger partial charge in [-0.2, -0.15) is 0 Å². The fourth-order valence-corrected chi connectivity index (χ4v) is 2.35. The standard InChI is InChI=1S/C13H16N4/c1-2-4-11(5-3-1)8-13-16-15-10-17(13)12-6-7-14-9-12/h1-5,10,12,14H,6-9H2. The number of hydrogen-bond donors (Lipinski definition) is 1. The first-order valence-corrected chi connectivity index (χ1v) is 6.06. The van der Waals surface area contributed by atoms with Gasteiger partial charge in [0.15, 0.2) is 0 Å². The molecule has 0 radical (unpaired) electrons. The molecule has 17 heavy (non-hydrogen) atoms. The van der Waals surface area contributed by atoms with E-state index >= 15 is 0 Å². The van der Waals surface area contributed by atoms with Crippen molar-refractivity contribution in [3.05, 3.63) is 48.0 Å².